The Morgan fingerprint density at radius 3 is 2.45 bits per heavy atom. The number of hydrogen-bond donors (Lipinski definition) is 1. The van der Waals surface area contributed by atoms with E-state index in [0.717, 1.165) is 6.42 Å². The van der Waals surface area contributed by atoms with E-state index in [1.165, 1.54) is 12.8 Å². The normalized spacial score (nSPS) is 16.0. The predicted molar refractivity (Wildman–Crippen MR) is 47.3 cm³/mol. The van der Waals surface area contributed by atoms with Crippen LogP contribution >= 0.6 is 0 Å². The zero-order valence-corrected chi connectivity index (χ0v) is 7.76. The lowest BCUT2D eigenvalue weighted by atomic mass is 9.94. The molecule has 0 heterocycles. The Labute approximate surface area is 69.2 Å². The van der Waals surface area contributed by atoms with Crippen molar-refractivity contribution >= 4 is 5.78 Å². The number of unbranched alkanes of at least 4 members (excludes halogenated alkanes) is 1. The minimum absolute atomic E-state index is 0.105. The van der Waals surface area contributed by atoms with E-state index in [-0.39, 0.29) is 11.8 Å². The summed E-state index contributed by atoms with van der Waals surface area (Å²) in [7, 11) is 0. The molecule has 0 amide bonds. The number of ketones is 1. The minimum atomic E-state index is -0.249. The second-order valence-corrected chi connectivity index (χ2v) is 3.26. The number of Topliss-reactive ketones (excluding diaryl/α,β-unsaturated/α-hetero) is 1. The molecule has 2 heteroatoms. The first-order chi connectivity index (χ1) is 5.09. The van der Waals surface area contributed by atoms with Gasteiger partial charge in [-0.1, -0.05) is 26.7 Å². The maximum absolute atomic E-state index is 10.8. The molecule has 0 bridgehead atoms. The summed E-state index contributed by atoms with van der Waals surface area (Å²) in [6, 6.07) is -0.249. The van der Waals surface area contributed by atoms with Crippen LogP contribution in [0.3, 0.4) is 0 Å². The van der Waals surface area contributed by atoms with Crippen LogP contribution in [0.5, 0.6) is 0 Å². The van der Waals surface area contributed by atoms with E-state index in [4.69, 9.17) is 5.73 Å². The van der Waals surface area contributed by atoms with Crippen molar-refractivity contribution in [3.8, 4) is 0 Å². The Kier molecular flexibility index (Phi) is 5.12. The van der Waals surface area contributed by atoms with Crippen LogP contribution in [0.4, 0.5) is 0 Å². The fourth-order valence-corrected chi connectivity index (χ4v) is 1.11. The summed E-state index contributed by atoms with van der Waals surface area (Å²) >= 11 is 0. The fraction of sp³-hybridized carbons (Fsp3) is 0.889. The second-order valence-electron chi connectivity index (χ2n) is 3.26. The summed E-state index contributed by atoms with van der Waals surface area (Å²) in [6.07, 6.45) is 3.41. The highest BCUT2D eigenvalue weighted by Gasteiger charge is 2.15. The molecule has 2 unspecified atom stereocenters. The van der Waals surface area contributed by atoms with Gasteiger partial charge in [0.1, 0.15) is 5.78 Å². The van der Waals surface area contributed by atoms with E-state index in [9.17, 15) is 4.79 Å². The highest BCUT2D eigenvalue weighted by atomic mass is 16.1. The molecule has 0 saturated heterocycles. The molecule has 0 aliphatic rings. The van der Waals surface area contributed by atoms with Gasteiger partial charge < -0.3 is 5.73 Å². The van der Waals surface area contributed by atoms with Crippen LogP contribution in [0.2, 0.25) is 0 Å². The maximum Gasteiger partial charge on any atom is 0.146 e. The van der Waals surface area contributed by atoms with Crippen molar-refractivity contribution in [1.82, 2.24) is 0 Å². The Morgan fingerprint density at radius 2 is 2.09 bits per heavy atom. The molecule has 0 aliphatic carbocycles. The molecule has 0 radical (unpaired) electrons. The lowest BCUT2D eigenvalue weighted by molar-refractivity contribution is -0.119. The van der Waals surface area contributed by atoms with Gasteiger partial charge in [-0.15, -0.1) is 0 Å². The SMILES string of the molecule is CCCCC(C)C(N)C(C)=O. The van der Waals surface area contributed by atoms with Gasteiger partial charge in [-0.3, -0.25) is 4.79 Å². The van der Waals surface area contributed by atoms with Gasteiger partial charge in [-0.25, -0.2) is 0 Å². The first kappa shape index (κ1) is 10.6. The van der Waals surface area contributed by atoms with E-state index < -0.39 is 0 Å². The summed E-state index contributed by atoms with van der Waals surface area (Å²) in [5.41, 5.74) is 5.65. The summed E-state index contributed by atoms with van der Waals surface area (Å²) in [6.45, 7) is 5.75. The summed E-state index contributed by atoms with van der Waals surface area (Å²) in [5.74, 6) is 0.445. The maximum atomic E-state index is 10.8. The van der Waals surface area contributed by atoms with Gasteiger partial charge in [-0.05, 0) is 19.3 Å². The van der Waals surface area contributed by atoms with Crippen molar-refractivity contribution in [2.45, 2.75) is 46.1 Å². The number of hydrogen-bond acceptors (Lipinski definition) is 2. The molecule has 0 spiro atoms. The Bertz CT molecular complexity index is 123. The molecule has 2 N–H and O–H groups in total. The molecule has 0 rings (SSSR count). The molecule has 0 aliphatic heterocycles. The van der Waals surface area contributed by atoms with Crippen molar-refractivity contribution in [2.24, 2.45) is 11.7 Å². The first-order valence-electron chi connectivity index (χ1n) is 4.35. The summed E-state index contributed by atoms with van der Waals surface area (Å²) in [4.78, 5) is 10.8. The van der Waals surface area contributed by atoms with E-state index in [0.29, 0.717) is 5.92 Å². The summed E-state index contributed by atoms with van der Waals surface area (Å²) in [5, 5.41) is 0. The van der Waals surface area contributed by atoms with Crippen LogP contribution in [-0.4, -0.2) is 11.8 Å². The Balaban J connectivity index is 3.63. The van der Waals surface area contributed by atoms with Gasteiger partial charge in [0.2, 0.25) is 0 Å². The van der Waals surface area contributed by atoms with E-state index in [1.807, 2.05) is 6.92 Å². The molecule has 0 aromatic rings. The van der Waals surface area contributed by atoms with Crippen LogP contribution in [0, 0.1) is 5.92 Å². The van der Waals surface area contributed by atoms with Crippen molar-refractivity contribution in [2.75, 3.05) is 0 Å². The fourth-order valence-electron chi connectivity index (χ4n) is 1.11. The Hall–Kier alpha value is -0.370. The van der Waals surface area contributed by atoms with Gasteiger partial charge in [0.05, 0.1) is 6.04 Å². The molecule has 0 saturated carbocycles. The van der Waals surface area contributed by atoms with Gasteiger partial charge in [-0.2, -0.15) is 0 Å². The van der Waals surface area contributed by atoms with E-state index in [1.54, 1.807) is 6.92 Å². The highest BCUT2D eigenvalue weighted by Crippen LogP contribution is 2.10. The number of carbonyl (C=O) groups is 1. The number of carbonyl (C=O) groups excluding carboxylic acids is 1. The molecule has 11 heavy (non-hydrogen) atoms. The third-order valence-electron chi connectivity index (χ3n) is 2.10. The van der Waals surface area contributed by atoms with Crippen LogP contribution in [-0.2, 0) is 4.79 Å². The smallest absolute Gasteiger partial charge is 0.146 e. The van der Waals surface area contributed by atoms with Crippen molar-refractivity contribution in [3.05, 3.63) is 0 Å². The van der Waals surface area contributed by atoms with Gasteiger partial charge in [0.25, 0.3) is 0 Å². The first-order valence-corrected chi connectivity index (χ1v) is 4.35. The topological polar surface area (TPSA) is 43.1 Å². The molecule has 0 aromatic carbocycles. The molecular weight excluding hydrogens is 138 g/mol. The standard InChI is InChI=1S/C9H19NO/c1-4-5-6-7(2)9(10)8(3)11/h7,9H,4-6,10H2,1-3H3. The lowest BCUT2D eigenvalue weighted by Crippen LogP contribution is -2.35. The average Bonchev–Trinajstić information content (AvgIpc) is 1.98. The van der Waals surface area contributed by atoms with Crippen molar-refractivity contribution < 1.29 is 4.79 Å². The van der Waals surface area contributed by atoms with Crippen LogP contribution in [0.1, 0.15) is 40.0 Å². The summed E-state index contributed by atoms with van der Waals surface area (Å²) < 4.78 is 0. The van der Waals surface area contributed by atoms with Gasteiger partial charge in [0, 0.05) is 0 Å². The highest BCUT2D eigenvalue weighted by molar-refractivity contribution is 5.81. The molecular formula is C9H19NO. The Morgan fingerprint density at radius 1 is 1.55 bits per heavy atom. The zero-order valence-electron chi connectivity index (χ0n) is 7.76. The van der Waals surface area contributed by atoms with Gasteiger partial charge >= 0.3 is 0 Å². The molecule has 0 fully saturated rings. The molecule has 66 valence electrons. The monoisotopic (exact) mass is 157 g/mol. The van der Waals surface area contributed by atoms with Crippen LogP contribution in [0.15, 0.2) is 0 Å². The minimum Gasteiger partial charge on any atom is -0.321 e. The molecule has 2 atom stereocenters. The predicted octanol–water partition coefficient (Wildman–Crippen LogP) is 1.73. The molecule has 0 aromatic heterocycles. The number of nitrogens with two attached hydrogens (primary N) is 1. The third-order valence-corrected chi connectivity index (χ3v) is 2.10. The average molecular weight is 157 g/mol. The van der Waals surface area contributed by atoms with Crippen LogP contribution in [0.25, 0.3) is 0 Å². The number of rotatable bonds is 5. The van der Waals surface area contributed by atoms with Gasteiger partial charge in [0.15, 0.2) is 0 Å². The molecule has 2 nitrogen and oxygen atoms in total. The zero-order chi connectivity index (χ0) is 8.85. The van der Waals surface area contributed by atoms with E-state index >= 15 is 0 Å². The van der Waals surface area contributed by atoms with E-state index in [2.05, 4.69) is 6.92 Å². The largest absolute Gasteiger partial charge is 0.321 e. The second kappa shape index (κ2) is 5.30. The third kappa shape index (κ3) is 4.14. The van der Waals surface area contributed by atoms with Crippen LogP contribution < -0.4 is 5.73 Å². The lowest BCUT2D eigenvalue weighted by Gasteiger charge is -2.16. The quantitative estimate of drug-likeness (QED) is 0.660. The van der Waals surface area contributed by atoms with Crippen molar-refractivity contribution in [1.29, 1.82) is 0 Å². The van der Waals surface area contributed by atoms with Crippen molar-refractivity contribution in [3.63, 3.8) is 0 Å².